The Bertz CT molecular complexity index is 773. The lowest BCUT2D eigenvalue weighted by molar-refractivity contribution is 0.0696. The van der Waals surface area contributed by atoms with Crippen molar-refractivity contribution in [2.45, 2.75) is 45.8 Å². The number of hydrogen-bond donors (Lipinski definition) is 2. The molecule has 2 aromatic rings. The molecule has 0 radical (unpaired) electrons. The lowest BCUT2D eigenvalue weighted by Crippen LogP contribution is -2.42. The zero-order valence-corrected chi connectivity index (χ0v) is 15.3. The first-order valence-electron chi connectivity index (χ1n) is 8.13. The number of thiocarbonyl (C=S) groups is 1. The molecular formula is C19H23N3OS. The van der Waals surface area contributed by atoms with E-state index in [1.165, 1.54) is 5.56 Å². The maximum Gasteiger partial charge on any atom is 0.172 e. The molecule has 0 saturated carbocycles. The van der Waals surface area contributed by atoms with Crippen molar-refractivity contribution in [1.29, 1.82) is 0 Å². The number of nitrogens with one attached hydrogen (secondary N) is 2. The van der Waals surface area contributed by atoms with Crippen LogP contribution in [-0.2, 0) is 0 Å². The van der Waals surface area contributed by atoms with Gasteiger partial charge in [-0.05, 0) is 57.6 Å². The molecule has 1 aromatic carbocycles. The van der Waals surface area contributed by atoms with Crippen LogP contribution in [0.3, 0.4) is 0 Å². The molecular weight excluding hydrogens is 318 g/mol. The molecule has 2 heterocycles. The normalized spacial score (nSPS) is 18.2. The van der Waals surface area contributed by atoms with E-state index in [0.29, 0.717) is 5.11 Å². The summed E-state index contributed by atoms with van der Waals surface area (Å²) in [6.07, 6.45) is 2.60. The molecule has 1 aromatic heterocycles. The van der Waals surface area contributed by atoms with E-state index in [1.54, 1.807) is 6.20 Å². The third kappa shape index (κ3) is 3.67. The third-order valence-corrected chi connectivity index (χ3v) is 4.39. The molecule has 0 aliphatic carbocycles. The minimum absolute atomic E-state index is 0.104. The van der Waals surface area contributed by atoms with Crippen molar-refractivity contribution in [3.63, 3.8) is 0 Å². The Hall–Kier alpha value is -2.14. The largest absolute Gasteiger partial charge is 0.487 e. The Morgan fingerprint density at radius 3 is 2.83 bits per heavy atom. The number of nitrogens with zero attached hydrogens (tertiary/aromatic N) is 1. The van der Waals surface area contributed by atoms with Gasteiger partial charge in [0.2, 0.25) is 0 Å². The zero-order valence-electron chi connectivity index (χ0n) is 14.5. The van der Waals surface area contributed by atoms with Crippen molar-refractivity contribution < 1.29 is 4.74 Å². The van der Waals surface area contributed by atoms with E-state index in [4.69, 9.17) is 17.0 Å². The van der Waals surface area contributed by atoms with Gasteiger partial charge in [0.05, 0.1) is 6.04 Å². The van der Waals surface area contributed by atoms with Crippen LogP contribution in [0, 0.1) is 13.8 Å². The number of rotatable bonds is 2. The summed E-state index contributed by atoms with van der Waals surface area (Å²) in [6, 6.07) is 10.3. The van der Waals surface area contributed by atoms with Gasteiger partial charge in [-0.3, -0.25) is 0 Å². The highest BCUT2D eigenvalue weighted by atomic mass is 32.1. The fourth-order valence-electron chi connectivity index (χ4n) is 3.02. The lowest BCUT2D eigenvalue weighted by Gasteiger charge is -2.38. The van der Waals surface area contributed by atoms with Gasteiger partial charge in [-0.1, -0.05) is 23.8 Å². The quantitative estimate of drug-likeness (QED) is 0.798. The zero-order chi connectivity index (χ0) is 17.3. The minimum Gasteiger partial charge on any atom is -0.487 e. The lowest BCUT2D eigenvalue weighted by atomic mass is 9.89. The van der Waals surface area contributed by atoms with Crippen molar-refractivity contribution in [2.24, 2.45) is 0 Å². The second-order valence-electron chi connectivity index (χ2n) is 6.93. The van der Waals surface area contributed by atoms with Crippen molar-refractivity contribution in [3.05, 3.63) is 53.2 Å². The van der Waals surface area contributed by atoms with Crippen LogP contribution >= 0.6 is 12.2 Å². The monoisotopic (exact) mass is 341 g/mol. The molecule has 2 N–H and O–H groups in total. The van der Waals surface area contributed by atoms with Gasteiger partial charge in [-0.2, -0.15) is 0 Å². The fraction of sp³-hybridized carbons (Fsp3) is 0.368. The summed E-state index contributed by atoms with van der Waals surface area (Å²) in [5, 5.41) is 7.21. The molecule has 126 valence electrons. The van der Waals surface area contributed by atoms with Gasteiger partial charge >= 0.3 is 0 Å². The smallest absolute Gasteiger partial charge is 0.172 e. The van der Waals surface area contributed by atoms with Gasteiger partial charge in [0.15, 0.2) is 5.11 Å². The summed E-state index contributed by atoms with van der Waals surface area (Å²) in [5.41, 5.74) is 3.18. The minimum atomic E-state index is -0.240. The molecule has 0 amide bonds. The number of fused-ring (bicyclic) bond motifs is 1. The van der Waals surface area contributed by atoms with Crippen LogP contribution in [0.2, 0.25) is 0 Å². The van der Waals surface area contributed by atoms with E-state index in [2.05, 4.69) is 48.5 Å². The highest BCUT2D eigenvalue weighted by Gasteiger charge is 2.34. The summed E-state index contributed by atoms with van der Waals surface area (Å²) in [4.78, 5) is 4.34. The van der Waals surface area contributed by atoms with Crippen LogP contribution in [-0.4, -0.2) is 15.7 Å². The summed E-state index contributed by atoms with van der Waals surface area (Å²) >= 11 is 5.51. The van der Waals surface area contributed by atoms with Crippen molar-refractivity contribution >= 4 is 23.1 Å². The van der Waals surface area contributed by atoms with Crippen molar-refractivity contribution in [1.82, 2.24) is 10.3 Å². The van der Waals surface area contributed by atoms with Gasteiger partial charge in [-0.25, -0.2) is 4.98 Å². The van der Waals surface area contributed by atoms with E-state index >= 15 is 0 Å². The van der Waals surface area contributed by atoms with Crippen LogP contribution in [0.4, 0.5) is 5.82 Å². The Kier molecular flexibility index (Phi) is 4.45. The topological polar surface area (TPSA) is 46.2 Å². The standard InChI is InChI=1S/C19H23N3OS/c1-12-7-8-16-14(10-12)15(11-19(3,4)23-16)21-18(24)22-17-13(2)6-5-9-20-17/h5-10,15H,11H2,1-4H3,(H2,20,21,22,24). The van der Waals surface area contributed by atoms with E-state index in [0.717, 1.165) is 29.1 Å². The molecule has 1 aliphatic rings. The van der Waals surface area contributed by atoms with Crippen LogP contribution in [0.1, 0.15) is 43.0 Å². The summed E-state index contributed by atoms with van der Waals surface area (Å²) in [5.74, 6) is 1.71. The Balaban J connectivity index is 1.80. The Labute approximate surface area is 148 Å². The Morgan fingerprint density at radius 1 is 1.29 bits per heavy atom. The summed E-state index contributed by atoms with van der Waals surface area (Å²) < 4.78 is 6.11. The molecule has 0 spiro atoms. The molecule has 1 unspecified atom stereocenters. The van der Waals surface area contributed by atoms with Gasteiger partial charge in [-0.15, -0.1) is 0 Å². The fourth-order valence-corrected chi connectivity index (χ4v) is 3.26. The molecule has 0 saturated heterocycles. The molecule has 24 heavy (non-hydrogen) atoms. The van der Waals surface area contributed by atoms with Crippen LogP contribution in [0.5, 0.6) is 5.75 Å². The first kappa shape index (κ1) is 16.7. The van der Waals surface area contributed by atoms with Crippen LogP contribution in [0.25, 0.3) is 0 Å². The number of aromatic nitrogens is 1. The highest BCUT2D eigenvalue weighted by Crippen LogP contribution is 2.39. The number of benzene rings is 1. The predicted octanol–water partition coefficient (Wildman–Crippen LogP) is 4.29. The third-order valence-electron chi connectivity index (χ3n) is 4.17. The number of ether oxygens (including phenoxy) is 1. The molecule has 0 fully saturated rings. The number of hydrogen-bond acceptors (Lipinski definition) is 3. The second kappa shape index (κ2) is 6.40. The molecule has 5 heteroatoms. The van der Waals surface area contributed by atoms with Crippen LogP contribution in [0.15, 0.2) is 36.5 Å². The number of aryl methyl sites for hydroxylation is 2. The van der Waals surface area contributed by atoms with Crippen LogP contribution < -0.4 is 15.4 Å². The average Bonchev–Trinajstić information content (AvgIpc) is 2.49. The first-order valence-corrected chi connectivity index (χ1v) is 8.53. The van der Waals surface area contributed by atoms with Gasteiger partial charge in [0.1, 0.15) is 17.2 Å². The Morgan fingerprint density at radius 2 is 2.08 bits per heavy atom. The summed E-state index contributed by atoms with van der Waals surface area (Å²) in [7, 11) is 0. The SMILES string of the molecule is Cc1ccc2c(c1)C(NC(=S)Nc1ncccc1C)CC(C)(C)O2. The molecule has 4 nitrogen and oxygen atoms in total. The first-order chi connectivity index (χ1) is 11.3. The summed E-state index contributed by atoms with van der Waals surface area (Å²) in [6.45, 7) is 8.30. The average molecular weight is 341 g/mol. The van der Waals surface area contributed by atoms with Crippen molar-refractivity contribution in [3.8, 4) is 5.75 Å². The predicted molar refractivity (Wildman–Crippen MR) is 102 cm³/mol. The van der Waals surface area contributed by atoms with Gasteiger partial charge < -0.3 is 15.4 Å². The molecule has 3 rings (SSSR count). The molecule has 0 bridgehead atoms. The molecule has 1 aliphatic heterocycles. The number of anilines is 1. The highest BCUT2D eigenvalue weighted by molar-refractivity contribution is 7.80. The maximum absolute atomic E-state index is 6.11. The van der Waals surface area contributed by atoms with E-state index in [1.807, 2.05) is 25.1 Å². The molecule has 1 atom stereocenters. The maximum atomic E-state index is 6.11. The van der Waals surface area contributed by atoms with E-state index in [9.17, 15) is 0 Å². The van der Waals surface area contributed by atoms with E-state index < -0.39 is 0 Å². The van der Waals surface area contributed by atoms with Gasteiger partial charge in [0.25, 0.3) is 0 Å². The van der Waals surface area contributed by atoms with Crippen molar-refractivity contribution in [2.75, 3.05) is 5.32 Å². The van der Waals surface area contributed by atoms with Gasteiger partial charge in [0, 0.05) is 18.2 Å². The van der Waals surface area contributed by atoms with E-state index in [-0.39, 0.29) is 11.6 Å². The number of pyridine rings is 1. The second-order valence-corrected chi connectivity index (χ2v) is 7.34.